The van der Waals surface area contributed by atoms with Crippen molar-refractivity contribution in [3.8, 4) is 11.5 Å². The van der Waals surface area contributed by atoms with Crippen LogP contribution in [0.5, 0.6) is 11.5 Å². The molecule has 0 aliphatic heterocycles. The molecule has 0 aromatic heterocycles. The third kappa shape index (κ3) is 8.00. The molecule has 0 aliphatic rings. The smallest absolute Gasteiger partial charge is 0.264 e. The number of nitrogens with zero attached hydrogens (tertiary/aromatic N) is 2. The van der Waals surface area contributed by atoms with Crippen molar-refractivity contribution < 1.29 is 27.5 Å². The Bertz CT molecular complexity index is 1420. The van der Waals surface area contributed by atoms with Crippen molar-refractivity contribution in [2.45, 2.75) is 57.1 Å². The molecular formula is C31H39N3O6S. The number of ether oxygens (including phenoxy) is 2. The molecule has 0 heterocycles. The fourth-order valence-corrected chi connectivity index (χ4v) is 5.81. The quantitative estimate of drug-likeness (QED) is 0.335. The van der Waals surface area contributed by atoms with Gasteiger partial charge in [0.1, 0.15) is 24.1 Å². The number of carbonyl (C=O) groups is 2. The van der Waals surface area contributed by atoms with E-state index in [0.29, 0.717) is 17.9 Å². The van der Waals surface area contributed by atoms with E-state index in [9.17, 15) is 18.0 Å². The molecule has 220 valence electrons. The maximum absolute atomic E-state index is 14.2. The molecule has 3 rings (SSSR count). The number of anilines is 1. The van der Waals surface area contributed by atoms with Gasteiger partial charge < -0.3 is 19.7 Å². The van der Waals surface area contributed by atoms with Crippen LogP contribution in [0.3, 0.4) is 0 Å². The Labute approximate surface area is 243 Å². The summed E-state index contributed by atoms with van der Waals surface area (Å²) in [6.45, 7) is 6.95. The van der Waals surface area contributed by atoms with Crippen LogP contribution in [0, 0.1) is 0 Å². The number of methoxy groups -OCH3 is 2. The van der Waals surface area contributed by atoms with Gasteiger partial charge in [0.25, 0.3) is 10.0 Å². The van der Waals surface area contributed by atoms with Gasteiger partial charge >= 0.3 is 0 Å². The molecule has 0 bridgehead atoms. The summed E-state index contributed by atoms with van der Waals surface area (Å²) >= 11 is 0. The highest BCUT2D eigenvalue weighted by molar-refractivity contribution is 7.92. The SMILES string of the molecule is CC[C@H](C(=O)NC(C)(C)C)N(Cc1ccc(OC)cc1)C(=O)CN(c1ccccc1OC)S(=O)(=O)c1ccccc1. The van der Waals surface area contributed by atoms with Crippen molar-refractivity contribution in [2.75, 3.05) is 25.1 Å². The van der Waals surface area contributed by atoms with Crippen LogP contribution in [0.2, 0.25) is 0 Å². The number of benzene rings is 3. The van der Waals surface area contributed by atoms with Crippen molar-refractivity contribution >= 4 is 27.5 Å². The van der Waals surface area contributed by atoms with Gasteiger partial charge in [0.15, 0.2) is 0 Å². The first-order valence-electron chi connectivity index (χ1n) is 13.4. The minimum Gasteiger partial charge on any atom is -0.497 e. The van der Waals surface area contributed by atoms with E-state index in [1.54, 1.807) is 61.7 Å². The second-order valence-corrected chi connectivity index (χ2v) is 12.4. The second-order valence-electron chi connectivity index (χ2n) is 10.5. The molecule has 9 nitrogen and oxygen atoms in total. The summed E-state index contributed by atoms with van der Waals surface area (Å²) in [6, 6.07) is 20.8. The van der Waals surface area contributed by atoms with E-state index in [1.807, 2.05) is 39.8 Å². The predicted molar refractivity (Wildman–Crippen MR) is 159 cm³/mol. The van der Waals surface area contributed by atoms with Crippen LogP contribution >= 0.6 is 0 Å². The summed E-state index contributed by atoms with van der Waals surface area (Å²) in [5.74, 6) is 0.0817. The summed E-state index contributed by atoms with van der Waals surface area (Å²) in [4.78, 5) is 29.1. The number of hydrogen-bond donors (Lipinski definition) is 1. The van der Waals surface area contributed by atoms with Crippen LogP contribution in [0.15, 0.2) is 83.8 Å². The second kappa shape index (κ2) is 13.5. The minimum atomic E-state index is -4.19. The zero-order valence-electron chi connectivity index (χ0n) is 24.5. The molecule has 3 aromatic carbocycles. The molecule has 1 N–H and O–H groups in total. The molecule has 0 saturated carbocycles. The lowest BCUT2D eigenvalue weighted by atomic mass is 10.1. The van der Waals surface area contributed by atoms with Gasteiger partial charge in [0, 0.05) is 12.1 Å². The topological polar surface area (TPSA) is 105 Å². The van der Waals surface area contributed by atoms with Gasteiger partial charge in [-0.1, -0.05) is 49.4 Å². The third-order valence-corrected chi connectivity index (χ3v) is 8.13. The maximum atomic E-state index is 14.2. The summed E-state index contributed by atoms with van der Waals surface area (Å²) in [5.41, 5.74) is 0.444. The van der Waals surface area contributed by atoms with Crippen LogP contribution < -0.4 is 19.1 Å². The number of nitrogens with one attached hydrogen (secondary N) is 1. The van der Waals surface area contributed by atoms with E-state index in [0.717, 1.165) is 9.87 Å². The van der Waals surface area contributed by atoms with E-state index >= 15 is 0 Å². The van der Waals surface area contributed by atoms with Gasteiger partial charge in [-0.15, -0.1) is 0 Å². The summed E-state index contributed by atoms with van der Waals surface area (Å²) in [5, 5.41) is 2.96. The Hall–Kier alpha value is -4.05. The zero-order chi connectivity index (χ0) is 30.2. The molecule has 0 spiro atoms. The number of hydrogen-bond acceptors (Lipinski definition) is 6. The van der Waals surface area contributed by atoms with Gasteiger partial charge in [-0.3, -0.25) is 13.9 Å². The molecule has 0 radical (unpaired) electrons. The Kier molecular flexibility index (Phi) is 10.4. The monoisotopic (exact) mass is 581 g/mol. The highest BCUT2D eigenvalue weighted by Crippen LogP contribution is 2.32. The molecule has 2 amide bonds. The Morgan fingerprint density at radius 2 is 1.49 bits per heavy atom. The minimum absolute atomic E-state index is 0.0259. The lowest BCUT2D eigenvalue weighted by Crippen LogP contribution is -2.55. The predicted octanol–water partition coefficient (Wildman–Crippen LogP) is 4.62. The van der Waals surface area contributed by atoms with E-state index in [-0.39, 0.29) is 23.0 Å². The van der Waals surface area contributed by atoms with Gasteiger partial charge in [-0.2, -0.15) is 0 Å². The average molecular weight is 582 g/mol. The van der Waals surface area contributed by atoms with Crippen LogP contribution in [-0.2, 0) is 26.2 Å². The molecule has 3 aromatic rings. The molecule has 10 heteroatoms. The molecule has 1 atom stereocenters. The molecule has 41 heavy (non-hydrogen) atoms. The lowest BCUT2D eigenvalue weighted by Gasteiger charge is -2.35. The average Bonchev–Trinajstić information content (AvgIpc) is 2.95. The number of para-hydroxylation sites is 2. The number of amides is 2. The lowest BCUT2D eigenvalue weighted by molar-refractivity contribution is -0.141. The fourth-order valence-electron chi connectivity index (χ4n) is 4.37. The number of carbonyl (C=O) groups excluding carboxylic acids is 2. The molecule has 0 aliphatic carbocycles. The molecule has 0 unspecified atom stereocenters. The van der Waals surface area contributed by atoms with E-state index in [4.69, 9.17) is 9.47 Å². The van der Waals surface area contributed by atoms with E-state index in [1.165, 1.54) is 24.1 Å². The van der Waals surface area contributed by atoms with Crippen molar-refractivity contribution in [3.63, 3.8) is 0 Å². The fraction of sp³-hybridized carbons (Fsp3) is 0.355. The highest BCUT2D eigenvalue weighted by atomic mass is 32.2. The highest BCUT2D eigenvalue weighted by Gasteiger charge is 2.35. The Morgan fingerprint density at radius 3 is 2.05 bits per heavy atom. The van der Waals surface area contributed by atoms with Gasteiger partial charge in [0.05, 0.1) is 24.8 Å². The van der Waals surface area contributed by atoms with Crippen molar-refractivity contribution in [1.29, 1.82) is 0 Å². The largest absolute Gasteiger partial charge is 0.497 e. The van der Waals surface area contributed by atoms with Gasteiger partial charge in [-0.05, 0) is 69.2 Å². The summed E-state index contributed by atoms with van der Waals surface area (Å²) < 4.78 is 39.7. The van der Waals surface area contributed by atoms with Gasteiger partial charge in [0.2, 0.25) is 11.8 Å². The standard InChI is InChI=1S/C31H39N3O6S/c1-7-26(30(36)32-31(2,3)4)33(21-23-17-19-24(39-5)20-18-23)29(35)22-34(27-15-11-12-16-28(27)40-6)41(37,38)25-13-9-8-10-14-25/h8-20,26H,7,21-22H2,1-6H3,(H,32,36)/t26-/m1/s1. The van der Waals surface area contributed by atoms with Crippen LogP contribution in [-0.4, -0.2) is 57.5 Å². The maximum Gasteiger partial charge on any atom is 0.264 e. The van der Waals surface area contributed by atoms with Crippen molar-refractivity contribution in [3.05, 3.63) is 84.4 Å². The first kappa shape index (κ1) is 31.5. The third-order valence-electron chi connectivity index (χ3n) is 6.36. The molecular weight excluding hydrogens is 542 g/mol. The summed E-state index contributed by atoms with van der Waals surface area (Å²) in [6.07, 6.45) is 0.323. The van der Waals surface area contributed by atoms with Gasteiger partial charge in [-0.25, -0.2) is 8.42 Å². The zero-order valence-corrected chi connectivity index (χ0v) is 25.3. The number of sulfonamides is 1. The van der Waals surface area contributed by atoms with Crippen LogP contribution in [0.4, 0.5) is 5.69 Å². The van der Waals surface area contributed by atoms with Crippen LogP contribution in [0.25, 0.3) is 0 Å². The Balaban J connectivity index is 2.09. The van der Waals surface area contributed by atoms with Crippen molar-refractivity contribution in [1.82, 2.24) is 10.2 Å². The first-order chi connectivity index (χ1) is 19.4. The van der Waals surface area contributed by atoms with E-state index < -0.39 is 34.1 Å². The molecule has 0 fully saturated rings. The summed E-state index contributed by atoms with van der Waals surface area (Å²) in [7, 11) is -1.19. The Morgan fingerprint density at radius 1 is 0.878 bits per heavy atom. The van der Waals surface area contributed by atoms with E-state index in [2.05, 4.69) is 5.32 Å². The first-order valence-corrected chi connectivity index (χ1v) is 14.8. The number of rotatable bonds is 12. The molecule has 0 saturated heterocycles. The van der Waals surface area contributed by atoms with Crippen LogP contribution in [0.1, 0.15) is 39.7 Å². The van der Waals surface area contributed by atoms with Crippen molar-refractivity contribution in [2.24, 2.45) is 0 Å². The normalized spacial score (nSPS) is 12.2.